The van der Waals surface area contributed by atoms with Crippen molar-refractivity contribution >= 4 is 43.2 Å². The summed E-state index contributed by atoms with van der Waals surface area (Å²) in [5.41, 5.74) is 1.86. The minimum atomic E-state index is -2.77. The molecule has 0 saturated heterocycles. The van der Waals surface area contributed by atoms with Crippen LogP contribution in [0.5, 0.6) is 0 Å². The van der Waals surface area contributed by atoms with Gasteiger partial charge in [0, 0.05) is 74.1 Å². The first-order valence-electron chi connectivity index (χ1n) is 12.7. The van der Waals surface area contributed by atoms with Gasteiger partial charge in [0.25, 0.3) is 11.8 Å². The molecule has 0 aliphatic carbocycles. The Morgan fingerprint density at radius 2 is 1.57 bits per heavy atom. The van der Waals surface area contributed by atoms with E-state index in [1.54, 1.807) is 12.1 Å². The smallest absolute Gasteiger partial charge is 0.448 e. The average Bonchev–Trinajstić information content (AvgIpc) is 2.87. The quantitative estimate of drug-likeness (QED) is 0.224. The molecule has 1 aliphatic rings. The van der Waals surface area contributed by atoms with E-state index in [0.717, 1.165) is 16.0 Å². The first-order valence-corrected chi connectivity index (χ1v) is 14.6. The maximum absolute atomic E-state index is 13.1. The zero-order valence-corrected chi connectivity index (χ0v) is 23.3. The summed E-state index contributed by atoms with van der Waals surface area (Å²) in [7, 11) is 1.07. The van der Waals surface area contributed by atoms with Crippen LogP contribution in [0.25, 0.3) is 10.8 Å². The van der Waals surface area contributed by atoms with Gasteiger partial charge in [-0.05, 0) is 45.4 Å². The largest absolute Gasteiger partial charge is 0.500 e. The third-order valence-electron chi connectivity index (χ3n) is 6.02. The predicted octanol–water partition coefficient (Wildman–Crippen LogP) is 3.67. The molecule has 11 heteroatoms. The minimum Gasteiger partial charge on any atom is -0.448 e. The van der Waals surface area contributed by atoms with E-state index in [1.165, 1.54) is 0 Å². The minimum absolute atomic E-state index is 0.0363. The molecule has 3 rings (SSSR count). The highest BCUT2D eigenvalue weighted by atomic mass is 28.4. The Kier molecular flexibility index (Phi) is 10.0. The number of hydrogen-bond donors (Lipinski definition) is 1. The standard InChI is InChI=1S/C26H37N3O7Si/c1-6-34-37(35-7-2,36-8-3)18-10-15-27-26(32)33-17-16-29-24(30)20-12-9-11-19-22(28(4)5)14-13-21(23(19)20)25(29)31/h9,11-14H,6-8,10,15-18H2,1-5H3,(H,27,32). The van der Waals surface area contributed by atoms with E-state index >= 15 is 0 Å². The van der Waals surface area contributed by atoms with E-state index in [4.69, 9.17) is 18.0 Å². The monoisotopic (exact) mass is 531 g/mol. The number of carbonyl (C=O) groups is 3. The fraction of sp³-hybridized carbons (Fsp3) is 0.500. The zero-order chi connectivity index (χ0) is 27.0. The second-order valence-corrected chi connectivity index (χ2v) is 11.4. The van der Waals surface area contributed by atoms with Gasteiger partial charge >= 0.3 is 14.9 Å². The lowest BCUT2D eigenvalue weighted by Crippen LogP contribution is -2.46. The number of hydrogen-bond acceptors (Lipinski definition) is 8. The second kappa shape index (κ2) is 13.0. The van der Waals surface area contributed by atoms with Gasteiger partial charge in [0.05, 0.1) is 6.54 Å². The Bertz CT molecular complexity index is 1090. The summed E-state index contributed by atoms with van der Waals surface area (Å²) < 4.78 is 22.7. The van der Waals surface area contributed by atoms with Gasteiger partial charge in [-0.1, -0.05) is 12.1 Å². The van der Waals surface area contributed by atoms with Crippen molar-refractivity contribution in [3.63, 3.8) is 0 Å². The van der Waals surface area contributed by atoms with E-state index in [2.05, 4.69) is 5.32 Å². The lowest BCUT2D eigenvalue weighted by Gasteiger charge is -2.28. The highest BCUT2D eigenvalue weighted by Crippen LogP contribution is 2.35. The van der Waals surface area contributed by atoms with Crippen LogP contribution in [0, 0.1) is 0 Å². The van der Waals surface area contributed by atoms with Crippen LogP contribution in [0.4, 0.5) is 10.5 Å². The number of alkyl carbamates (subject to hydrolysis) is 1. The molecule has 0 unspecified atom stereocenters. The maximum Gasteiger partial charge on any atom is 0.500 e. The lowest BCUT2D eigenvalue weighted by molar-refractivity contribution is 0.0562. The highest BCUT2D eigenvalue weighted by Gasteiger charge is 2.39. The van der Waals surface area contributed by atoms with Crippen LogP contribution in [0.15, 0.2) is 30.3 Å². The van der Waals surface area contributed by atoms with E-state index in [-0.39, 0.29) is 13.2 Å². The Labute approximate surface area is 219 Å². The molecule has 1 N–H and O–H groups in total. The van der Waals surface area contributed by atoms with E-state index in [9.17, 15) is 14.4 Å². The van der Waals surface area contributed by atoms with Crippen LogP contribution in [-0.2, 0) is 18.0 Å². The van der Waals surface area contributed by atoms with Crippen LogP contribution in [0.1, 0.15) is 47.9 Å². The maximum atomic E-state index is 13.1. The number of nitrogens with one attached hydrogen (secondary N) is 1. The fourth-order valence-electron chi connectivity index (χ4n) is 4.50. The topological polar surface area (TPSA) is 107 Å². The summed E-state index contributed by atoms with van der Waals surface area (Å²) in [6.45, 7) is 7.37. The van der Waals surface area contributed by atoms with Crippen molar-refractivity contribution in [3.8, 4) is 0 Å². The summed E-state index contributed by atoms with van der Waals surface area (Å²) in [5.74, 6) is -0.792. The number of imide groups is 1. The van der Waals surface area contributed by atoms with Crippen molar-refractivity contribution in [3.05, 3.63) is 41.5 Å². The van der Waals surface area contributed by atoms with Crippen molar-refractivity contribution in [1.82, 2.24) is 10.2 Å². The molecule has 1 aliphatic heterocycles. The van der Waals surface area contributed by atoms with Crippen molar-refractivity contribution in [2.45, 2.75) is 33.2 Å². The Hall–Kier alpha value is -2.99. The van der Waals surface area contributed by atoms with Crippen molar-refractivity contribution in [2.24, 2.45) is 0 Å². The highest BCUT2D eigenvalue weighted by molar-refractivity contribution is 6.60. The Morgan fingerprint density at radius 3 is 2.16 bits per heavy atom. The number of nitrogens with zero attached hydrogens (tertiary/aromatic N) is 2. The van der Waals surface area contributed by atoms with E-state index < -0.39 is 26.7 Å². The van der Waals surface area contributed by atoms with Gasteiger partial charge in [0.15, 0.2) is 0 Å². The number of ether oxygens (including phenoxy) is 1. The number of carbonyl (C=O) groups excluding carboxylic acids is 3. The van der Waals surface area contributed by atoms with E-state index in [0.29, 0.717) is 55.3 Å². The molecule has 0 aromatic heterocycles. The zero-order valence-electron chi connectivity index (χ0n) is 22.3. The van der Waals surface area contributed by atoms with E-state index in [1.807, 2.05) is 58.0 Å². The molecule has 10 nitrogen and oxygen atoms in total. The summed E-state index contributed by atoms with van der Waals surface area (Å²) in [6, 6.07) is 9.62. The third kappa shape index (κ3) is 6.47. The number of amides is 3. The second-order valence-electron chi connectivity index (χ2n) is 8.67. The molecule has 0 bridgehead atoms. The van der Waals surface area contributed by atoms with Crippen LogP contribution >= 0.6 is 0 Å². The van der Waals surface area contributed by atoms with Gasteiger partial charge in [-0.25, -0.2) is 4.79 Å². The summed E-state index contributed by atoms with van der Waals surface area (Å²) in [4.78, 5) is 41.6. The van der Waals surface area contributed by atoms with Gasteiger partial charge in [0.2, 0.25) is 0 Å². The summed E-state index contributed by atoms with van der Waals surface area (Å²) >= 11 is 0. The lowest BCUT2D eigenvalue weighted by atomic mass is 9.93. The average molecular weight is 532 g/mol. The molecule has 0 atom stereocenters. The van der Waals surface area contributed by atoms with Gasteiger partial charge < -0.3 is 28.2 Å². The fourth-order valence-corrected chi connectivity index (χ4v) is 7.11. The first kappa shape index (κ1) is 28.6. The van der Waals surface area contributed by atoms with Gasteiger partial charge in [-0.15, -0.1) is 0 Å². The molecule has 0 saturated carbocycles. The molecule has 202 valence electrons. The van der Waals surface area contributed by atoms with Crippen LogP contribution in [0.3, 0.4) is 0 Å². The van der Waals surface area contributed by atoms with Gasteiger partial charge in [0.1, 0.15) is 6.61 Å². The third-order valence-corrected chi connectivity index (χ3v) is 9.17. The number of benzene rings is 2. The molecule has 1 heterocycles. The molecule has 0 spiro atoms. The van der Waals surface area contributed by atoms with Gasteiger partial charge in [-0.2, -0.15) is 0 Å². The molecule has 37 heavy (non-hydrogen) atoms. The van der Waals surface area contributed by atoms with Crippen molar-refractivity contribution < 1.29 is 32.4 Å². The molecule has 0 fully saturated rings. The summed E-state index contributed by atoms with van der Waals surface area (Å²) in [5, 5.41) is 4.20. The molecule has 3 amide bonds. The summed E-state index contributed by atoms with van der Waals surface area (Å²) in [6.07, 6.45) is -0.0216. The van der Waals surface area contributed by atoms with Crippen molar-refractivity contribution in [2.75, 3.05) is 58.5 Å². The molecular formula is C26H37N3O7Si. The normalized spacial score (nSPS) is 13.3. The number of rotatable bonds is 14. The molecule has 0 radical (unpaired) electrons. The number of anilines is 1. The molecule has 2 aromatic carbocycles. The Balaban J connectivity index is 1.54. The van der Waals surface area contributed by atoms with Crippen molar-refractivity contribution in [1.29, 1.82) is 0 Å². The van der Waals surface area contributed by atoms with Crippen LogP contribution in [0.2, 0.25) is 6.04 Å². The molecule has 2 aromatic rings. The Morgan fingerprint density at radius 1 is 0.946 bits per heavy atom. The van der Waals surface area contributed by atoms with Crippen LogP contribution in [-0.4, -0.2) is 85.2 Å². The predicted molar refractivity (Wildman–Crippen MR) is 143 cm³/mol. The first-order chi connectivity index (χ1) is 17.8. The molecular weight excluding hydrogens is 494 g/mol. The van der Waals surface area contributed by atoms with Crippen LogP contribution < -0.4 is 10.2 Å². The van der Waals surface area contributed by atoms with Gasteiger partial charge in [-0.3, -0.25) is 14.5 Å². The SMILES string of the molecule is CCO[Si](CCCNC(=O)OCCN1C(=O)c2cccc3c(N(C)C)ccc(c23)C1=O)(OCC)OCC.